The molecule has 0 unspecified atom stereocenters. The van der Waals surface area contributed by atoms with Gasteiger partial charge in [-0.15, -0.1) is 0 Å². The molecular formula is C10H17ClN2. The number of benzene rings is 1. The fourth-order valence-electron chi connectivity index (χ4n) is 1.20. The van der Waals surface area contributed by atoms with Crippen molar-refractivity contribution in [1.29, 1.82) is 0 Å². The summed E-state index contributed by atoms with van der Waals surface area (Å²) in [6.45, 7) is 4.31. The lowest BCUT2D eigenvalue weighted by atomic mass is 10.0. The minimum Gasteiger partial charge on any atom is -0.398 e. The second kappa shape index (κ2) is 5.10. The van der Waals surface area contributed by atoms with Crippen molar-refractivity contribution in [1.82, 2.24) is 6.15 Å². The third kappa shape index (κ3) is 3.25. The molecule has 0 radical (unpaired) electrons. The summed E-state index contributed by atoms with van der Waals surface area (Å²) in [6.07, 6.45) is 0.950. The predicted octanol–water partition coefficient (Wildman–Crippen LogP) is 3.28. The van der Waals surface area contributed by atoms with Gasteiger partial charge in [0, 0.05) is 10.7 Å². The topological polar surface area (TPSA) is 61.0 Å². The molecule has 0 aromatic heterocycles. The lowest BCUT2D eigenvalue weighted by Crippen LogP contribution is -1.99. The van der Waals surface area contributed by atoms with E-state index < -0.39 is 0 Å². The Morgan fingerprint density at radius 1 is 1.38 bits per heavy atom. The molecule has 0 saturated carbocycles. The fourth-order valence-corrected chi connectivity index (χ4v) is 1.46. The van der Waals surface area contributed by atoms with Gasteiger partial charge in [0.1, 0.15) is 0 Å². The Labute approximate surface area is 84.7 Å². The first-order valence-electron chi connectivity index (χ1n) is 4.14. The third-order valence-corrected chi connectivity index (χ3v) is 2.12. The van der Waals surface area contributed by atoms with E-state index in [1.807, 2.05) is 18.2 Å². The van der Waals surface area contributed by atoms with Crippen LogP contribution in [0.25, 0.3) is 0 Å². The van der Waals surface area contributed by atoms with Gasteiger partial charge in [0.25, 0.3) is 0 Å². The number of nitrogen functional groups attached to an aromatic ring is 1. The fraction of sp³-hybridized carbons (Fsp3) is 0.400. The van der Waals surface area contributed by atoms with E-state index in [0.29, 0.717) is 5.92 Å². The van der Waals surface area contributed by atoms with E-state index in [4.69, 9.17) is 17.3 Å². The van der Waals surface area contributed by atoms with Gasteiger partial charge < -0.3 is 11.9 Å². The smallest absolute Gasteiger partial charge is 0.0458 e. The van der Waals surface area contributed by atoms with Crippen LogP contribution in [0.4, 0.5) is 5.69 Å². The molecule has 5 N–H and O–H groups in total. The molecule has 1 aromatic rings. The van der Waals surface area contributed by atoms with Gasteiger partial charge in [-0.3, -0.25) is 0 Å². The zero-order valence-electron chi connectivity index (χ0n) is 8.18. The van der Waals surface area contributed by atoms with Crippen LogP contribution < -0.4 is 11.9 Å². The zero-order valence-corrected chi connectivity index (χ0v) is 8.93. The number of anilines is 1. The summed E-state index contributed by atoms with van der Waals surface area (Å²) in [5.41, 5.74) is 7.67. The minimum atomic E-state index is 0. The highest BCUT2D eigenvalue weighted by molar-refractivity contribution is 6.31. The van der Waals surface area contributed by atoms with Crippen molar-refractivity contribution in [2.24, 2.45) is 5.92 Å². The number of hydrogen-bond acceptors (Lipinski definition) is 2. The molecule has 0 bridgehead atoms. The molecular weight excluding hydrogens is 184 g/mol. The van der Waals surface area contributed by atoms with Crippen molar-refractivity contribution < 1.29 is 0 Å². The highest BCUT2D eigenvalue weighted by atomic mass is 35.5. The van der Waals surface area contributed by atoms with Gasteiger partial charge in [-0.1, -0.05) is 31.5 Å². The van der Waals surface area contributed by atoms with Gasteiger partial charge in [0.05, 0.1) is 0 Å². The van der Waals surface area contributed by atoms with Gasteiger partial charge in [-0.2, -0.15) is 0 Å². The normalized spacial score (nSPS) is 9.85. The summed E-state index contributed by atoms with van der Waals surface area (Å²) in [7, 11) is 0. The first kappa shape index (κ1) is 12.3. The van der Waals surface area contributed by atoms with E-state index in [0.717, 1.165) is 22.7 Å². The van der Waals surface area contributed by atoms with Crippen LogP contribution in [0.2, 0.25) is 5.02 Å². The molecule has 0 aliphatic carbocycles. The zero-order chi connectivity index (χ0) is 9.14. The molecule has 13 heavy (non-hydrogen) atoms. The molecule has 0 saturated heterocycles. The average Bonchev–Trinajstić information content (AvgIpc) is 1.97. The van der Waals surface area contributed by atoms with Crippen LogP contribution in [0.15, 0.2) is 18.2 Å². The number of rotatable bonds is 2. The minimum absolute atomic E-state index is 0. The molecule has 0 heterocycles. The molecule has 1 aromatic carbocycles. The standard InChI is InChI=1S/C10H14ClN.H3N/c1-7(2)6-8-9(11)4-3-5-10(8)12;/h3-5,7H,6,12H2,1-2H3;1H3. The largest absolute Gasteiger partial charge is 0.398 e. The van der Waals surface area contributed by atoms with Crippen LogP contribution in [-0.4, -0.2) is 0 Å². The number of nitrogens with two attached hydrogens (primary N) is 1. The van der Waals surface area contributed by atoms with Gasteiger partial charge >= 0.3 is 0 Å². The van der Waals surface area contributed by atoms with Crippen molar-refractivity contribution in [2.75, 3.05) is 5.73 Å². The maximum absolute atomic E-state index is 5.99. The summed E-state index contributed by atoms with van der Waals surface area (Å²) in [5, 5.41) is 0.781. The van der Waals surface area contributed by atoms with E-state index >= 15 is 0 Å². The van der Waals surface area contributed by atoms with Crippen LogP contribution in [0, 0.1) is 5.92 Å². The highest BCUT2D eigenvalue weighted by Gasteiger charge is 2.05. The van der Waals surface area contributed by atoms with Crippen LogP contribution in [-0.2, 0) is 6.42 Å². The molecule has 0 aliphatic rings. The molecule has 1 rings (SSSR count). The predicted molar refractivity (Wildman–Crippen MR) is 59.4 cm³/mol. The maximum atomic E-state index is 5.99. The summed E-state index contributed by atoms with van der Waals surface area (Å²) < 4.78 is 0. The summed E-state index contributed by atoms with van der Waals surface area (Å²) in [4.78, 5) is 0. The van der Waals surface area contributed by atoms with Crippen LogP contribution in [0.3, 0.4) is 0 Å². The Kier molecular flexibility index (Phi) is 4.81. The van der Waals surface area contributed by atoms with Crippen molar-refractivity contribution in [2.45, 2.75) is 20.3 Å². The highest BCUT2D eigenvalue weighted by Crippen LogP contribution is 2.24. The van der Waals surface area contributed by atoms with E-state index in [-0.39, 0.29) is 6.15 Å². The Hall–Kier alpha value is -0.730. The molecule has 0 aliphatic heterocycles. The lowest BCUT2D eigenvalue weighted by Gasteiger charge is -2.09. The van der Waals surface area contributed by atoms with Crippen molar-refractivity contribution in [3.8, 4) is 0 Å². The molecule has 74 valence electrons. The van der Waals surface area contributed by atoms with Crippen LogP contribution >= 0.6 is 11.6 Å². The van der Waals surface area contributed by atoms with Gasteiger partial charge in [-0.05, 0) is 30.0 Å². The second-order valence-corrected chi connectivity index (χ2v) is 3.81. The first-order chi connectivity index (χ1) is 5.61. The van der Waals surface area contributed by atoms with E-state index in [1.54, 1.807) is 0 Å². The molecule has 2 nitrogen and oxygen atoms in total. The van der Waals surface area contributed by atoms with Gasteiger partial charge in [-0.25, -0.2) is 0 Å². The van der Waals surface area contributed by atoms with Crippen LogP contribution in [0.1, 0.15) is 19.4 Å². The maximum Gasteiger partial charge on any atom is 0.0458 e. The Balaban J connectivity index is 0.00000144. The quantitative estimate of drug-likeness (QED) is 0.720. The van der Waals surface area contributed by atoms with E-state index in [1.165, 1.54) is 0 Å². The summed E-state index contributed by atoms with van der Waals surface area (Å²) in [6, 6.07) is 5.65. The van der Waals surface area contributed by atoms with Gasteiger partial charge in [0.2, 0.25) is 0 Å². The molecule has 0 amide bonds. The molecule has 0 fully saturated rings. The Morgan fingerprint density at radius 3 is 2.46 bits per heavy atom. The number of halogens is 1. The first-order valence-corrected chi connectivity index (χ1v) is 4.52. The Morgan fingerprint density at radius 2 is 2.00 bits per heavy atom. The number of hydrogen-bond donors (Lipinski definition) is 2. The molecule has 0 atom stereocenters. The SMILES string of the molecule is CC(C)Cc1c(N)cccc1Cl.N. The van der Waals surface area contributed by atoms with Crippen molar-refractivity contribution in [3.05, 3.63) is 28.8 Å². The third-order valence-electron chi connectivity index (χ3n) is 1.77. The van der Waals surface area contributed by atoms with Crippen LogP contribution in [0.5, 0.6) is 0 Å². The monoisotopic (exact) mass is 200 g/mol. The van der Waals surface area contributed by atoms with E-state index in [2.05, 4.69) is 13.8 Å². The molecule has 0 spiro atoms. The average molecular weight is 201 g/mol. The molecule has 3 heteroatoms. The van der Waals surface area contributed by atoms with Crippen molar-refractivity contribution in [3.63, 3.8) is 0 Å². The summed E-state index contributed by atoms with van der Waals surface area (Å²) in [5.74, 6) is 0.590. The lowest BCUT2D eigenvalue weighted by molar-refractivity contribution is 0.648. The van der Waals surface area contributed by atoms with Gasteiger partial charge in [0.15, 0.2) is 0 Å². The summed E-state index contributed by atoms with van der Waals surface area (Å²) >= 11 is 5.99. The van der Waals surface area contributed by atoms with E-state index in [9.17, 15) is 0 Å². The Bertz CT molecular complexity index is 251. The second-order valence-electron chi connectivity index (χ2n) is 3.41. The van der Waals surface area contributed by atoms with Crippen molar-refractivity contribution >= 4 is 17.3 Å².